The Bertz CT molecular complexity index is 756. The largest absolute Gasteiger partial charge is 0.311 e. The van der Waals surface area contributed by atoms with Gasteiger partial charge in [-0.05, 0) is 113 Å². The van der Waals surface area contributed by atoms with E-state index < -0.39 is 0 Å². The summed E-state index contributed by atoms with van der Waals surface area (Å²) in [5.41, 5.74) is 4.72. The van der Waals surface area contributed by atoms with Crippen molar-refractivity contribution < 1.29 is 0 Å². The normalized spacial score (nSPS) is 49.2. The van der Waals surface area contributed by atoms with E-state index in [1.165, 1.54) is 103 Å². The Hall–Kier alpha value is -0.560. The molecule has 0 aromatic heterocycles. The van der Waals surface area contributed by atoms with Gasteiger partial charge < -0.3 is 5.32 Å². The monoisotopic (exact) mass is 419 g/mol. The summed E-state index contributed by atoms with van der Waals surface area (Å²) in [6, 6.07) is 1.65. The number of hydrogen-bond acceptors (Lipinski definition) is 1. The lowest BCUT2D eigenvalue weighted by Gasteiger charge is -2.50. The lowest BCUT2D eigenvalue weighted by atomic mass is 9.55. The highest BCUT2D eigenvalue weighted by Crippen LogP contribution is 2.75. The molecule has 7 aliphatic carbocycles. The lowest BCUT2D eigenvalue weighted by Crippen LogP contribution is -2.48. The zero-order valence-corrected chi connectivity index (χ0v) is 19.8. The van der Waals surface area contributed by atoms with Gasteiger partial charge >= 0.3 is 0 Å². The topological polar surface area (TPSA) is 12.0 Å². The van der Waals surface area contributed by atoms with Crippen molar-refractivity contribution >= 4 is 0 Å². The van der Waals surface area contributed by atoms with Crippen molar-refractivity contribution in [2.75, 3.05) is 0 Å². The number of nitrogens with one attached hydrogen (secondary N) is 1. The summed E-state index contributed by atoms with van der Waals surface area (Å²) in [6.07, 6.45) is 30.7. The third-order valence-electron chi connectivity index (χ3n) is 11.8. The minimum Gasteiger partial charge on any atom is -0.311 e. The molecule has 1 nitrogen and oxygen atoms in total. The van der Waals surface area contributed by atoms with Crippen LogP contribution in [0.15, 0.2) is 23.3 Å². The van der Waals surface area contributed by atoms with Gasteiger partial charge in [-0.25, -0.2) is 0 Å². The van der Waals surface area contributed by atoms with Crippen LogP contribution in [0.4, 0.5) is 0 Å². The van der Waals surface area contributed by atoms with Gasteiger partial charge in [-0.3, -0.25) is 0 Å². The third-order valence-corrected chi connectivity index (χ3v) is 11.8. The second-order valence-corrected chi connectivity index (χ2v) is 12.8. The molecule has 0 aromatic carbocycles. The smallest absolute Gasteiger partial charge is 0.00728 e. The Morgan fingerprint density at radius 2 is 1.55 bits per heavy atom. The summed E-state index contributed by atoms with van der Waals surface area (Å²) in [7, 11) is 0. The maximum Gasteiger partial charge on any atom is 0.00728 e. The first-order valence-electron chi connectivity index (χ1n) is 14.5. The fourth-order valence-electron chi connectivity index (χ4n) is 11.0. The van der Waals surface area contributed by atoms with Gasteiger partial charge in [-0.1, -0.05) is 55.4 Å². The highest BCUT2D eigenvalue weighted by molar-refractivity contribution is 5.42. The van der Waals surface area contributed by atoms with Crippen molar-refractivity contribution in [3.63, 3.8) is 0 Å². The SMILES string of the molecule is C1=CC2C(C1)C1CCC(NC3CCCCC3)CC1C21C2=C(CCCC2)C2CCCCC21. The molecule has 0 bridgehead atoms. The molecule has 0 radical (unpaired) electrons. The minimum atomic E-state index is 0.593. The highest BCUT2D eigenvalue weighted by atomic mass is 15.0. The summed E-state index contributed by atoms with van der Waals surface area (Å²) in [4.78, 5) is 0. The fraction of sp³-hybridized carbons (Fsp3) is 0.867. The number of fused-ring (bicyclic) bond motifs is 9. The molecule has 7 rings (SSSR count). The van der Waals surface area contributed by atoms with Crippen LogP contribution in [0.5, 0.6) is 0 Å². The molecule has 8 atom stereocenters. The van der Waals surface area contributed by atoms with Crippen molar-refractivity contribution in [3.05, 3.63) is 23.3 Å². The van der Waals surface area contributed by atoms with E-state index in [0.29, 0.717) is 5.41 Å². The van der Waals surface area contributed by atoms with Gasteiger partial charge in [0.25, 0.3) is 0 Å². The van der Waals surface area contributed by atoms with Crippen LogP contribution in [0.2, 0.25) is 0 Å². The maximum absolute atomic E-state index is 4.25. The molecule has 0 aliphatic heterocycles. The van der Waals surface area contributed by atoms with Crippen LogP contribution in [0, 0.1) is 40.9 Å². The van der Waals surface area contributed by atoms with E-state index in [0.717, 1.165) is 47.6 Å². The van der Waals surface area contributed by atoms with Crippen molar-refractivity contribution in [2.24, 2.45) is 40.9 Å². The van der Waals surface area contributed by atoms with Crippen molar-refractivity contribution in [1.82, 2.24) is 5.32 Å². The Kier molecular flexibility index (Phi) is 4.97. The molecular formula is C30H45N. The zero-order chi connectivity index (χ0) is 20.4. The lowest BCUT2D eigenvalue weighted by molar-refractivity contribution is 0.0359. The van der Waals surface area contributed by atoms with Crippen LogP contribution < -0.4 is 5.32 Å². The van der Waals surface area contributed by atoms with E-state index in [-0.39, 0.29) is 0 Å². The molecule has 1 spiro atoms. The van der Waals surface area contributed by atoms with Crippen molar-refractivity contribution in [3.8, 4) is 0 Å². The molecule has 8 unspecified atom stereocenters. The summed E-state index contributed by atoms with van der Waals surface area (Å²) in [5, 5.41) is 4.25. The fourth-order valence-corrected chi connectivity index (χ4v) is 11.0. The average molecular weight is 420 g/mol. The molecule has 1 N–H and O–H groups in total. The number of hydrogen-bond donors (Lipinski definition) is 1. The van der Waals surface area contributed by atoms with E-state index in [1.54, 1.807) is 6.42 Å². The van der Waals surface area contributed by atoms with Crippen LogP contribution in [0.25, 0.3) is 0 Å². The predicted octanol–water partition coefficient (Wildman–Crippen LogP) is 7.58. The first-order chi connectivity index (χ1) is 15.4. The van der Waals surface area contributed by atoms with Crippen molar-refractivity contribution in [2.45, 2.75) is 121 Å². The maximum atomic E-state index is 4.25. The zero-order valence-electron chi connectivity index (χ0n) is 19.8. The summed E-state index contributed by atoms with van der Waals surface area (Å²) < 4.78 is 0. The van der Waals surface area contributed by atoms with E-state index in [2.05, 4.69) is 23.0 Å². The average Bonchev–Trinajstić information content (AvgIpc) is 3.48. The molecule has 31 heavy (non-hydrogen) atoms. The van der Waals surface area contributed by atoms with Gasteiger partial charge in [0.05, 0.1) is 0 Å². The van der Waals surface area contributed by atoms with Gasteiger partial charge in [0.15, 0.2) is 0 Å². The summed E-state index contributed by atoms with van der Waals surface area (Å²) in [6.45, 7) is 0. The van der Waals surface area contributed by atoms with E-state index in [1.807, 2.05) is 5.57 Å². The van der Waals surface area contributed by atoms with E-state index >= 15 is 0 Å². The molecule has 0 amide bonds. The quantitative estimate of drug-likeness (QED) is 0.455. The Balaban J connectivity index is 1.26. The Labute approximate surface area is 190 Å². The molecule has 4 fully saturated rings. The number of rotatable bonds is 2. The van der Waals surface area contributed by atoms with Crippen LogP contribution in [0.1, 0.15) is 109 Å². The second-order valence-electron chi connectivity index (χ2n) is 12.8. The molecule has 0 heterocycles. The van der Waals surface area contributed by atoms with E-state index in [4.69, 9.17) is 0 Å². The highest BCUT2D eigenvalue weighted by Gasteiger charge is 2.68. The van der Waals surface area contributed by atoms with Crippen molar-refractivity contribution in [1.29, 1.82) is 0 Å². The Morgan fingerprint density at radius 1 is 0.710 bits per heavy atom. The van der Waals surface area contributed by atoms with Gasteiger partial charge in [0.2, 0.25) is 0 Å². The van der Waals surface area contributed by atoms with Gasteiger partial charge in [0.1, 0.15) is 0 Å². The predicted molar refractivity (Wildman–Crippen MR) is 129 cm³/mol. The first kappa shape index (κ1) is 19.9. The molecule has 1 heteroatoms. The molecule has 7 aliphatic rings. The van der Waals surface area contributed by atoms with Crippen LogP contribution in [0.3, 0.4) is 0 Å². The van der Waals surface area contributed by atoms with Crippen LogP contribution in [-0.4, -0.2) is 12.1 Å². The first-order valence-corrected chi connectivity index (χ1v) is 14.5. The standard InChI is InChI=1S/C30H45N/c1-2-9-20(10-3-1)31-21-17-18-25-24-13-8-16-28(24)30(29(25)19-21)26-14-6-4-11-22(26)23-12-5-7-15-27(23)30/h8,16,20-22,24-26,28-29,31H,1-7,9-15,17-19H2. The van der Waals surface area contributed by atoms with Gasteiger partial charge in [0, 0.05) is 17.5 Å². The molecular weight excluding hydrogens is 374 g/mol. The molecule has 4 saturated carbocycles. The minimum absolute atomic E-state index is 0.593. The van der Waals surface area contributed by atoms with Gasteiger partial charge in [-0.2, -0.15) is 0 Å². The third kappa shape index (κ3) is 2.83. The summed E-state index contributed by atoms with van der Waals surface area (Å²) >= 11 is 0. The summed E-state index contributed by atoms with van der Waals surface area (Å²) in [5.74, 6) is 5.94. The van der Waals surface area contributed by atoms with Crippen LogP contribution >= 0.6 is 0 Å². The van der Waals surface area contributed by atoms with Crippen LogP contribution in [-0.2, 0) is 0 Å². The van der Waals surface area contributed by atoms with E-state index in [9.17, 15) is 0 Å². The molecule has 170 valence electrons. The number of allylic oxidation sites excluding steroid dienone is 4. The molecule has 0 saturated heterocycles. The Morgan fingerprint density at radius 3 is 2.48 bits per heavy atom. The molecule has 0 aromatic rings. The van der Waals surface area contributed by atoms with Gasteiger partial charge in [-0.15, -0.1) is 0 Å². The second kappa shape index (κ2) is 7.75.